The highest BCUT2D eigenvalue weighted by Gasteiger charge is 2.55. The van der Waals surface area contributed by atoms with Crippen molar-refractivity contribution < 1.29 is 24.2 Å². The molecule has 9 nitrogen and oxygen atoms in total. The van der Waals surface area contributed by atoms with Crippen LogP contribution in [0.3, 0.4) is 0 Å². The van der Waals surface area contributed by atoms with Gasteiger partial charge in [-0.3, -0.25) is 14.5 Å². The molecule has 12 heteroatoms. The van der Waals surface area contributed by atoms with Crippen LogP contribution < -0.4 is 5.32 Å². The fraction of sp³-hybridized carbons (Fsp3) is 0.167. The zero-order chi connectivity index (χ0) is 29.1. The average molecular weight is 617 g/mol. The van der Waals surface area contributed by atoms with Crippen LogP contribution in [0.25, 0.3) is 0 Å². The Morgan fingerprint density at radius 3 is 2.12 bits per heavy atom. The number of carbonyl (C=O) groups is 3. The van der Waals surface area contributed by atoms with Crippen molar-refractivity contribution in [2.24, 2.45) is 0 Å². The molecular formula is C30H24N4O5S3. The first-order valence-corrected chi connectivity index (χ1v) is 15.7. The third-order valence-corrected chi connectivity index (χ3v) is 10.1. The number of rotatable bonds is 9. The van der Waals surface area contributed by atoms with E-state index in [1.807, 2.05) is 60.7 Å². The van der Waals surface area contributed by atoms with Crippen molar-refractivity contribution in [3.8, 4) is 0 Å². The summed E-state index contributed by atoms with van der Waals surface area (Å²) >= 11 is 4.01. The Hall–Kier alpha value is -3.97. The lowest BCUT2D eigenvalue weighted by Crippen LogP contribution is -2.70. The van der Waals surface area contributed by atoms with Crippen LogP contribution in [0.15, 0.2) is 111 Å². The molecule has 42 heavy (non-hydrogen) atoms. The van der Waals surface area contributed by atoms with Gasteiger partial charge in [0.15, 0.2) is 16.5 Å². The molecule has 212 valence electrons. The Morgan fingerprint density at radius 1 is 0.952 bits per heavy atom. The Bertz CT molecular complexity index is 1560. The number of thioether (sulfide) groups is 2. The molecule has 3 atom stereocenters. The summed E-state index contributed by atoms with van der Waals surface area (Å²) in [6.07, 6.45) is -2.14. The number of aromatic nitrogens is 2. The molecule has 1 saturated heterocycles. The van der Waals surface area contributed by atoms with E-state index >= 15 is 0 Å². The van der Waals surface area contributed by atoms with E-state index in [1.165, 1.54) is 39.8 Å². The van der Waals surface area contributed by atoms with E-state index in [2.05, 4.69) is 15.5 Å². The summed E-state index contributed by atoms with van der Waals surface area (Å²) in [7, 11) is 0. The van der Waals surface area contributed by atoms with E-state index < -0.39 is 41.4 Å². The average Bonchev–Trinajstić information content (AvgIpc) is 3.56. The number of β-lactam (4-membered cyclic amide) rings is 1. The highest BCUT2D eigenvalue weighted by atomic mass is 32.2. The molecule has 0 saturated carbocycles. The number of hydrogen-bond donors (Lipinski definition) is 2. The molecule has 2 aliphatic heterocycles. The van der Waals surface area contributed by atoms with Crippen LogP contribution in [0.4, 0.5) is 0 Å². The SMILES string of the molecule is O=C(OC(c1ccccc1)c1ccccc1)C1=C(Sc2nncs2)CS[C@H]2[C@H](NC(=O)C(O)c3ccccc3)C(=O)N12. The molecule has 0 radical (unpaired) electrons. The van der Waals surface area contributed by atoms with Crippen LogP contribution >= 0.6 is 34.9 Å². The molecule has 3 aromatic carbocycles. The summed E-state index contributed by atoms with van der Waals surface area (Å²) in [6.45, 7) is 0. The van der Waals surface area contributed by atoms with Crippen LogP contribution in [-0.2, 0) is 19.1 Å². The van der Waals surface area contributed by atoms with E-state index in [-0.39, 0.29) is 5.70 Å². The highest BCUT2D eigenvalue weighted by Crippen LogP contribution is 2.46. The molecule has 2 amide bonds. The van der Waals surface area contributed by atoms with Gasteiger partial charge in [-0.15, -0.1) is 22.0 Å². The fourth-order valence-electron chi connectivity index (χ4n) is 4.74. The number of nitrogens with one attached hydrogen (secondary N) is 1. The second-order valence-electron chi connectivity index (χ2n) is 9.39. The third kappa shape index (κ3) is 5.71. The van der Waals surface area contributed by atoms with Gasteiger partial charge in [0.05, 0.1) is 0 Å². The number of fused-ring (bicyclic) bond motifs is 1. The van der Waals surface area contributed by atoms with E-state index in [9.17, 15) is 19.5 Å². The van der Waals surface area contributed by atoms with Gasteiger partial charge in [-0.05, 0) is 16.7 Å². The van der Waals surface area contributed by atoms with Gasteiger partial charge in [-0.1, -0.05) is 114 Å². The number of benzene rings is 3. The number of amides is 2. The minimum absolute atomic E-state index is 0.120. The smallest absolute Gasteiger partial charge is 0.356 e. The number of carbonyl (C=O) groups excluding carboxylic acids is 3. The standard InChI is InChI=1S/C30H24N4O5S3/c35-24(18-10-4-1-5-11-18)26(36)32-22-27(37)34-23(21(16-40-28(22)34)42-30-33-31-17-41-30)29(38)39-25(19-12-6-2-7-13-19)20-14-8-3-9-15-20/h1-15,17,22,24-25,28,35H,16H2,(H,32,36)/t22-,24?,28+/m1/s1. The van der Waals surface area contributed by atoms with Gasteiger partial charge in [0.25, 0.3) is 11.8 Å². The lowest BCUT2D eigenvalue weighted by molar-refractivity contribution is -0.155. The molecular weight excluding hydrogens is 593 g/mol. The number of nitrogens with zero attached hydrogens (tertiary/aromatic N) is 3. The van der Waals surface area contributed by atoms with Gasteiger partial charge in [0.1, 0.15) is 22.6 Å². The van der Waals surface area contributed by atoms with Crippen molar-refractivity contribution in [1.29, 1.82) is 0 Å². The topological polar surface area (TPSA) is 122 Å². The van der Waals surface area contributed by atoms with E-state index in [0.29, 0.717) is 20.6 Å². The van der Waals surface area contributed by atoms with Crippen molar-refractivity contribution in [2.75, 3.05) is 5.75 Å². The Labute approximate surface area is 254 Å². The summed E-state index contributed by atoms with van der Waals surface area (Å²) in [5, 5.41) is 20.6. The summed E-state index contributed by atoms with van der Waals surface area (Å²) in [5.74, 6) is -1.42. The molecule has 0 bridgehead atoms. The largest absolute Gasteiger partial charge is 0.448 e. The van der Waals surface area contributed by atoms with Crippen LogP contribution in [0.2, 0.25) is 0 Å². The minimum atomic E-state index is -1.43. The Morgan fingerprint density at radius 2 is 1.55 bits per heavy atom. The normalized spacial score (nSPS) is 18.7. The molecule has 1 unspecified atom stereocenters. The predicted octanol–water partition coefficient (Wildman–Crippen LogP) is 4.31. The zero-order valence-electron chi connectivity index (χ0n) is 21.9. The predicted molar refractivity (Wildman–Crippen MR) is 160 cm³/mol. The lowest BCUT2D eigenvalue weighted by Gasteiger charge is -2.49. The molecule has 1 fully saturated rings. The maximum atomic E-state index is 14.0. The van der Waals surface area contributed by atoms with Crippen molar-refractivity contribution >= 4 is 52.6 Å². The molecule has 2 aliphatic rings. The molecule has 0 spiro atoms. The molecule has 2 N–H and O–H groups in total. The first kappa shape index (κ1) is 28.2. The van der Waals surface area contributed by atoms with Crippen molar-refractivity contribution in [3.05, 3.63) is 124 Å². The van der Waals surface area contributed by atoms with Gasteiger partial charge < -0.3 is 15.2 Å². The quantitative estimate of drug-likeness (QED) is 0.209. The summed E-state index contributed by atoms with van der Waals surface area (Å²) in [5.41, 5.74) is 3.71. The zero-order valence-corrected chi connectivity index (χ0v) is 24.4. The maximum Gasteiger partial charge on any atom is 0.356 e. The Balaban J connectivity index is 1.28. The summed E-state index contributed by atoms with van der Waals surface area (Å²) < 4.78 is 6.78. The fourth-order valence-corrected chi connectivity index (χ4v) is 7.85. The molecule has 4 aromatic rings. The van der Waals surface area contributed by atoms with Crippen LogP contribution in [0.1, 0.15) is 28.9 Å². The monoisotopic (exact) mass is 616 g/mol. The number of aliphatic hydroxyl groups is 1. The summed E-state index contributed by atoms with van der Waals surface area (Å²) in [4.78, 5) is 42.4. The molecule has 0 aliphatic carbocycles. The highest BCUT2D eigenvalue weighted by molar-refractivity contribution is 8.07. The third-order valence-electron chi connectivity index (χ3n) is 6.77. The Kier molecular flexibility index (Phi) is 8.38. The van der Waals surface area contributed by atoms with Gasteiger partial charge in [0.2, 0.25) is 0 Å². The second kappa shape index (κ2) is 12.5. The van der Waals surface area contributed by atoms with Crippen molar-refractivity contribution in [3.63, 3.8) is 0 Å². The summed E-state index contributed by atoms with van der Waals surface area (Å²) in [6, 6.07) is 26.4. The van der Waals surface area contributed by atoms with Crippen molar-refractivity contribution in [1.82, 2.24) is 20.4 Å². The molecule has 6 rings (SSSR count). The molecule has 1 aromatic heterocycles. The van der Waals surface area contributed by atoms with Crippen molar-refractivity contribution in [2.45, 2.75) is 28.0 Å². The van der Waals surface area contributed by atoms with Crippen LogP contribution in [0, 0.1) is 0 Å². The number of hydrogen-bond acceptors (Lipinski definition) is 10. The van der Waals surface area contributed by atoms with E-state index in [0.717, 1.165) is 11.1 Å². The number of esters is 1. The number of ether oxygens (including phenoxy) is 1. The van der Waals surface area contributed by atoms with Gasteiger partial charge in [-0.25, -0.2) is 4.79 Å². The second-order valence-corrected chi connectivity index (χ2v) is 12.7. The minimum Gasteiger partial charge on any atom is -0.448 e. The van der Waals surface area contributed by atoms with Gasteiger partial charge >= 0.3 is 5.97 Å². The van der Waals surface area contributed by atoms with E-state index in [4.69, 9.17) is 4.74 Å². The first-order chi connectivity index (χ1) is 20.5. The van der Waals surface area contributed by atoms with E-state index in [1.54, 1.807) is 35.8 Å². The maximum absolute atomic E-state index is 14.0. The van der Waals surface area contributed by atoms with Gasteiger partial charge in [0, 0.05) is 10.7 Å². The lowest BCUT2D eigenvalue weighted by atomic mass is 10.0. The van der Waals surface area contributed by atoms with Gasteiger partial charge in [-0.2, -0.15) is 0 Å². The molecule has 3 heterocycles. The number of aliphatic hydroxyl groups excluding tert-OH is 1. The first-order valence-electron chi connectivity index (χ1n) is 13.0. The van der Waals surface area contributed by atoms with Crippen LogP contribution in [-0.4, -0.2) is 55.2 Å². The van der Waals surface area contributed by atoms with Crippen LogP contribution in [0.5, 0.6) is 0 Å².